The SMILES string of the molecule is CCc1cc(N2Cc3ccc(C(=O)O)cc3C2)ncn1. The zero-order valence-electron chi connectivity index (χ0n) is 11.2. The second-order valence-corrected chi connectivity index (χ2v) is 4.87. The van der Waals surface area contributed by atoms with Crippen LogP contribution in [0.4, 0.5) is 5.82 Å². The van der Waals surface area contributed by atoms with Crippen molar-refractivity contribution in [2.45, 2.75) is 26.4 Å². The molecule has 5 heteroatoms. The number of aromatic nitrogens is 2. The molecule has 0 bridgehead atoms. The summed E-state index contributed by atoms with van der Waals surface area (Å²) < 4.78 is 0. The van der Waals surface area contributed by atoms with E-state index in [0.29, 0.717) is 12.1 Å². The van der Waals surface area contributed by atoms with E-state index in [0.717, 1.165) is 35.6 Å². The van der Waals surface area contributed by atoms with Gasteiger partial charge in [-0.1, -0.05) is 13.0 Å². The zero-order chi connectivity index (χ0) is 14.1. The van der Waals surface area contributed by atoms with Crippen molar-refractivity contribution < 1.29 is 9.90 Å². The van der Waals surface area contributed by atoms with E-state index in [1.807, 2.05) is 12.1 Å². The smallest absolute Gasteiger partial charge is 0.335 e. The summed E-state index contributed by atoms with van der Waals surface area (Å²) in [4.78, 5) is 21.6. The molecular weight excluding hydrogens is 254 g/mol. The van der Waals surface area contributed by atoms with Crippen molar-refractivity contribution in [1.82, 2.24) is 9.97 Å². The normalized spacial score (nSPS) is 13.3. The van der Waals surface area contributed by atoms with Crippen molar-refractivity contribution in [2.24, 2.45) is 0 Å². The minimum absolute atomic E-state index is 0.336. The number of fused-ring (bicyclic) bond motifs is 1. The summed E-state index contributed by atoms with van der Waals surface area (Å²) in [5, 5.41) is 9.03. The van der Waals surface area contributed by atoms with Crippen LogP contribution in [0.15, 0.2) is 30.6 Å². The first kappa shape index (κ1) is 12.6. The van der Waals surface area contributed by atoms with E-state index in [1.54, 1.807) is 18.5 Å². The second kappa shape index (κ2) is 4.92. The third kappa shape index (κ3) is 2.22. The van der Waals surface area contributed by atoms with Crippen LogP contribution in [-0.4, -0.2) is 21.0 Å². The van der Waals surface area contributed by atoms with Crippen LogP contribution in [0.5, 0.6) is 0 Å². The summed E-state index contributed by atoms with van der Waals surface area (Å²) in [5.74, 6) is 0.00600. The van der Waals surface area contributed by atoms with E-state index in [4.69, 9.17) is 5.11 Å². The van der Waals surface area contributed by atoms with Crippen LogP contribution in [0.2, 0.25) is 0 Å². The highest BCUT2D eigenvalue weighted by atomic mass is 16.4. The molecule has 20 heavy (non-hydrogen) atoms. The predicted molar refractivity (Wildman–Crippen MR) is 74.7 cm³/mol. The molecule has 0 amide bonds. The molecular formula is C15H15N3O2. The molecule has 0 unspecified atom stereocenters. The van der Waals surface area contributed by atoms with Gasteiger partial charge in [-0.25, -0.2) is 14.8 Å². The number of hydrogen-bond acceptors (Lipinski definition) is 4. The van der Waals surface area contributed by atoms with Crippen LogP contribution in [0.3, 0.4) is 0 Å². The fourth-order valence-corrected chi connectivity index (χ4v) is 2.44. The molecule has 0 saturated heterocycles. The van der Waals surface area contributed by atoms with Crippen molar-refractivity contribution in [2.75, 3.05) is 4.90 Å². The molecule has 0 fully saturated rings. The van der Waals surface area contributed by atoms with Crippen molar-refractivity contribution in [3.05, 3.63) is 53.0 Å². The number of carboxylic acid groups (broad SMARTS) is 1. The Morgan fingerprint density at radius 3 is 2.80 bits per heavy atom. The molecule has 0 saturated carbocycles. The monoisotopic (exact) mass is 269 g/mol. The Morgan fingerprint density at radius 1 is 1.25 bits per heavy atom. The summed E-state index contributed by atoms with van der Waals surface area (Å²) >= 11 is 0. The third-order valence-corrected chi connectivity index (χ3v) is 3.57. The molecule has 1 aliphatic heterocycles. The topological polar surface area (TPSA) is 66.3 Å². The number of carboxylic acids is 1. The molecule has 0 atom stereocenters. The average molecular weight is 269 g/mol. The van der Waals surface area contributed by atoms with Gasteiger partial charge in [0.25, 0.3) is 0 Å². The molecule has 0 spiro atoms. The number of aryl methyl sites for hydroxylation is 1. The van der Waals surface area contributed by atoms with Gasteiger partial charge in [0.1, 0.15) is 12.1 Å². The summed E-state index contributed by atoms with van der Waals surface area (Å²) in [6.07, 6.45) is 2.46. The van der Waals surface area contributed by atoms with Crippen LogP contribution in [-0.2, 0) is 19.5 Å². The highest BCUT2D eigenvalue weighted by Gasteiger charge is 2.21. The molecule has 1 aliphatic rings. The zero-order valence-corrected chi connectivity index (χ0v) is 11.2. The van der Waals surface area contributed by atoms with E-state index < -0.39 is 5.97 Å². The largest absolute Gasteiger partial charge is 0.478 e. The molecule has 5 nitrogen and oxygen atoms in total. The maximum atomic E-state index is 11.0. The molecule has 2 heterocycles. The fraction of sp³-hybridized carbons (Fsp3) is 0.267. The first-order valence-electron chi connectivity index (χ1n) is 6.58. The molecule has 0 radical (unpaired) electrons. The van der Waals surface area contributed by atoms with Gasteiger partial charge in [-0.15, -0.1) is 0 Å². The highest BCUT2D eigenvalue weighted by molar-refractivity contribution is 5.88. The maximum absolute atomic E-state index is 11.0. The van der Waals surface area contributed by atoms with Gasteiger partial charge in [0.2, 0.25) is 0 Å². The number of hydrogen-bond donors (Lipinski definition) is 1. The lowest BCUT2D eigenvalue weighted by atomic mass is 10.1. The summed E-state index contributed by atoms with van der Waals surface area (Å²) in [5.41, 5.74) is 3.56. The van der Waals surface area contributed by atoms with Gasteiger partial charge in [-0.3, -0.25) is 0 Å². The van der Waals surface area contributed by atoms with Crippen LogP contribution in [0.25, 0.3) is 0 Å². The van der Waals surface area contributed by atoms with Gasteiger partial charge < -0.3 is 10.0 Å². The lowest BCUT2D eigenvalue weighted by Gasteiger charge is -2.16. The van der Waals surface area contributed by atoms with E-state index in [1.165, 1.54) is 0 Å². The standard InChI is InChI=1S/C15H15N3O2/c1-2-13-6-14(17-9-16-13)18-7-11-4-3-10(15(19)20)5-12(11)8-18/h3-6,9H,2,7-8H2,1H3,(H,19,20). The minimum atomic E-state index is -0.887. The number of benzene rings is 1. The number of aromatic carboxylic acids is 1. The van der Waals surface area contributed by atoms with Gasteiger partial charge in [-0.2, -0.15) is 0 Å². The summed E-state index contributed by atoms with van der Waals surface area (Å²) in [6, 6.07) is 7.28. The van der Waals surface area contributed by atoms with Gasteiger partial charge in [0, 0.05) is 24.8 Å². The lowest BCUT2D eigenvalue weighted by molar-refractivity contribution is 0.0697. The van der Waals surface area contributed by atoms with Crippen molar-refractivity contribution in [3.8, 4) is 0 Å². The number of carbonyl (C=O) groups is 1. The number of anilines is 1. The first-order chi connectivity index (χ1) is 9.67. The summed E-state index contributed by atoms with van der Waals surface area (Å²) in [6.45, 7) is 3.51. The molecule has 2 aromatic rings. The fourth-order valence-electron chi connectivity index (χ4n) is 2.44. The van der Waals surface area contributed by atoms with E-state index in [2.05, 4.69) is 21.8 Å². The molecule has 1 N–H and O–H groups in total. The average Bonchev–Trinajstić information content (AvgIpc) is 2.90. The Hall–Kier alpha value is -2.43. The van der Waals surface area contributed by atoms with Crippen LogP contribution >= 0.6 is 0 Å². The lowest BCUT2D eigenvalue weighted by Crippen LogP contribution is -2.16. The van der Waals surface area contributed by atoms with E-state index in [-0.39, 0.29) is 0 Å². The van der Waals surface area contributed by atoms with Crippen molar-refractivity contribution in [3.63, 3.8) is 0 Å². The summed E-state index contributed by atoms with van der Waals surface area (Å²) in [7, 11) is 0. The molecule has 102 valence electrons. The van der Waals surface area contributed by atoms with Crippen molar-refractivity contribution >= 4 is 11.8 Å². The third-order valence-electron chi connectivity index (χ3n) is 3.57. The first-order valence-corrected chi connectivity index (χ1v) is 6.58. The molecule has 3 rings (SSSR count). The maximum Gasteiger partial charge on any atom is 0.335 e. The van der Waals surface area contributed by atoms with E-state index >= 15 is 0 Å². The number of rotatable bonds is 3. The van der Waals surface area contributed by atoms with Crippen LogP contribution in [0.1, 0.15) is 34.1 Å². The Balaban J connectivity index is 1.87. The predicted octanol–water partition coefficient (Wildman–Crippen LogP) is 2.26. The van der Waals surface area contributed by atoms with Gasteiger partial charge in [0.05, 0.1) is 5.56 Å². The van der Waals surface area contributed by atoms with E-state index in [9.17, 15) is 4.79 Å². The molecule has 1 aromatic carbocycles. The van der Waals surface area contributed by atoms with Gasteiger partial charge >= 0.3 is 5.97 Å². The van der Waals surface area contributed by atoms with Gasteiger partial charge in [0.15, 0.2) is 0 Å². The quantitative estimate of drug-likeness (QED) is 0.925. The van der Waals surface area contributed by atoms with Crippen LogP contribution in [0, 0.1) is 0 Å². The Bertz CT molecular complexity index is 670. The van der Waals surface area contributed by atoms with Gasteiger partial charge in [-0.05, 0) is 29.7 Å². The highest BCUT2D eigenvalue weighted by Crippen LogP contribution is 2.27. The Labute approximate surface area is 116 Å². The minimum Gasteiger partial charge on any atom is -0.478 e. The second-order valence-electron chi connectivity index (χ2n) is 4.87. The Kier molecular flexibility index (Phi) is 3.10. The molecule has 0 aliphatic carbocycles. The van der Waals surface area contributed by atoms with Crippen molar-refractivity contribution in [1.29, 1.82) is 0 Å². The Morgan fingerprint density at radius 2 is 2.05 bits per heavy atom. The molecule has 1 aromatic heterocycles. The number of nitrogens with zero attached hydrogens (tertiary/aromatic N) is 3. The van der Waals surface area contributed by atoms with Crippen LogP contribution < -0.4 is 4.90 Å².